The highest BCUT2D eigenvalue weighted by Crippen LogP contribution is 2.35. The fourth-order valence-corrected chi connectivity index (χ4v) is 6.95. The van der Waals surface area contributed by atoms with Gasteiger partial charge in [-0.05, 0) is 74.6 Å². The molecule has 3 atom stereocenters. The van der Waals surface area contributed by atoms with Crippen molar-refractivity contribution in [2.75, 3.05) is 65.2 Å². The minimum Gasteiger partial charge on any atom is -0.487 e. The van der Waals surface area contributed by atoms with Crippen LogP contribution in [0.5, 0.6) is 11.6 Å². The predicted molar refractivity (Wildman–Crippen MR) is 197 cm³/mol. The second-order valence-electron chi connectivity index (χ2n) is 13.8. The number of hydrogen-bond acceptors (Lipinski definition) is 15. The summed E-state index contributed by atoms with van der Waals surface area (Å²) in [5.41, 5.74) is 2.67. The lowest BCUT2D eigenvalue weighted by atomic mass is 9.89. The molecule has 1 aliphatic carbocycles. The van der Waals surface area contributed by atoms with E-state index in [2.05, 4.69) is 55.6 Å². The molecule has 290 valence electrons. The number of nitriles is 1. The van der Waals surface area contributed by atoms with E-state index >= 15 is 0 Å². The fourth-order valence-electron chi connectivity index (χ4n) is 6.95. The smallest absolute Gasteiger partial charge is 0.257 e. The number of hydrogen-bond donors (Lipinski definition) is 1. The van der Waals surface area contributed by atoms with Gasteiger partial charge in [0.1, 0.15) is 36.5 Å². The number of morpholine rings is 1. The molecule has 2 fully saturated rings. The molecule has 0 radical (unpaired) electrons. The molecule has 1 saturated carbocycles. The topological polar surface area (TPSA) is 182 Å². The average molecular weight is 746 g/mol. The van der Waals surface area contributed by atoms with Crippen molar-refractivity contribution in [2.45, 2.75) is 83.4 Å². The first kappa shape index (κ1) is 39.0. The van der Waals surface area contributed by atoms with Crippen LogP contribution >= 0.6 is 0 Å². The minimum absolute atomic E-state index is 0.252. The maximum atomic E-state index is 9.71. The van der Waals surface area contributed by atoms with Gasteiger partial charge in [-0.15, -0.1) is 10.2 Å². The Morgan fingerprint density at radius 1 is 0.944 bits per heavy atom. The SMILES string of the molecule is COCCOCCOCCOc1nn(C2CCC(N3C[C@@H](C)O[C@@H](C)C3)CC2)cc1Nc1ncc(-c2ccc(C#N)c(O[C@@H](C)Cn3cnnn3)c2)cn1. The Hall–Kier alpha value is -4.73. The molecule has 17 heteroatoms. The van der Waals surface area contributed by atoms with E-state index in [4.69, 9.17) is 33.5 Å². The van der Waals surface area contributed by atoms with Crippen LogP contribution in [0.1, 0.15) is 58.1 Å². The van der Waals surface area contributed by atoms with Gasteiger partial charge in [0.2, 0.25) is 5.95 Å². The van der Waals surface area contributed by atoms with Crippen molar-refractivity contribution in [3.05, 3.63) is 48.7 Å². The van der Waals surface area contributed by atoms with Gasteiger partial charge in [-0.3, -0.25) is 9.58 Å². The van der Waals surface area contributed by atoms with Crippen LogP contribution in [0.4, 0.5) is 11.6 Å². The highest BCUT2D eigenvalue weighted by atomic mass is 16.6. The summed E-state index contributed by atoms with van der Waals surface area (Å²) < 4.78 is 38.0. The maximum absolute atomic E-state index is 9.71. The number of ether oxygens (including phenoxy) is 6. The fraction of sp³-hybridized carbons (Fsp3) is 0.595. The van der Waals surface area contributed by atoms with Crippen molar-refractivity contribution in [1.82, 2.24) is 44.9 Å². The lowest BCUT2D eigenvalue weighted by Gasteiger charge is -2.42. The Morgan fingerprint density at radius 3 is 2.33 bits per heavy atom. The summed E-state index contributed by atoms with van der Waals surface area (Å²) in [5.74, 6) is 1.31. The lowest BCUT2D eigenvalue weighted by Crippen LogP contribution is -2.51. The molecule has 1 aromatic carbocycles. The van der Waals surface area contributed by atoms with Crippen LogP contribution in [0.15, 0.2) is 43.1 Å². The highest BCUT2D eigenvalue weighted by molar-refractivity contribution is 5.67. The van der Waals surface area contributed by atoms with Crippen molar-refractivity contribution in [3.63, 3.8) is 0 Å². The van der Waals surface area contributed by atoms with Crippen molar-refractivity contribution in [1.29, 1.82) is 5.26 Å². The zero-order chi connectivity index (χ0) is 37.7. The number of nitrogens with zero attached hydrogens (tertiary/aromatic N) is 10. The Balaban J connectivity index is 1.10. The molecule has 0 amide bonds. The van der Waals surface area contributed by atoms with E-state index in [9.17, 15) is 5.26 Å². The van der Waals surface area contributed by atoms with E-state index in [1.54, 1.807) is 30.3 Å². The summed E-state index contributed by atoms with van der Waals surface area (Å²) in [5, 5.41) is 29.1. The summed E-state index contributed by atoms with van der Waals surface area (Å²) in [7, 11) is 1.65. The molecular weight excluding hydrogens is 694 g/mol. The second-order valence-corrected chi connectivity index (χ2v) is 13.8. The molecule has 1 N–H and O–H groups in total. The number of rotatable bonds is 19. The minimum atomic E-state index is -0.282. The monoisotopic (exact) mass is 745 g/mol. The zero-order valence-corrected chi connectivity index (χ0v) is 31.5. The van der Waals surface area contributed by atoms with Gasteiger partial charge in [-0.2, -0.15) is 5.26 Å². The highest BCUT2D eigenvalue weighted by Gasteiger charge is 2.32. The van der Waals surface area contributed by atoms with E-state index in [1.165, 1.54) is 6.33 Å². The Morgan fingerprint density at radius 2 is 1.65 bits per heavy atom. The number of aromatic nitrogens is 8. The molecule has 54 heavy (non-hydrogen) atoms. The van der Waals surface area contributed by atoms with E-state index in [0.717, 1.165) is 49.9 Å². The average Bonchev–Trinajstić information content (AvgIpc) is 3.84. The quantitative estimate of drug-likeness (QED) is 0.136. The molecule has 1 saturated heterocycles. The third kappa shape index (κ3) is 10.9. The summed E-state index contributed by atoms with van der Waals surface area (Å²) in [6, 6.07) is 8.41. The van der Waals surface area contributed by atoms with Crippen LogP contribution < -0.4 is 14.8 Å². The van der Waals surface area contributed by atoms with Gasteiger partial charge in [0.25, 0.3) is 5.88 Å². The van der Waals surface area contributed by atoms with Gasteiger partial charge in [0.15, 0.2) is 0 Å². The normalized spacial score (nSPS) is 21.0. The molecule has 3 aromatic heterocycles. The third-order valence-electron chi connectivity index (χ3n) is 9.47. The Labute approximate surface area is 315 Å². The first-order valence-corrected chi connectivity index (χ1v) is 18.7. The molecular formula is C37H51N11O6. The molecule has 0 bridgehead atoms. The van der Waals surface area contributed by atoms with Gasteiger partial charge < -0.3 is 33.7 Å². The van der Waals surface area contributed by atoms with Gasteiger partial charge >= 0.3 is 0 Å². The first-order valence-electron chi connectivity index (χ1n) is 18.7. The largest absolute Gasteiger partial charge is 0.487 e. The number of tetrazole rings is 1. The van der Waals surface area contributed by atoms with E-state index in [1.807, 2.05) is 29.9 Å². The van der Waals surface area contributed by atoms with Crippen molar-refractivity contribution in [2.24, 2.45) is 0 Å². The van der Waals surface area contributed by atoms with E-state index in [-0.39, 0.29) is 24.4 Å². The van der Waals surface area contributed by atoms with E-state index in [0.29, 0.717) is 81.1 Å². The number of nitrogens with one attached hydrogen (secondary N) is 1. The number of benzene rings is 1. The standard InChI is InChI=1S/C37H51N11O6/c1-26-21-46(22-27(2)53-26)32-7-9-33(10-8-32)48-24-34(36(43-48)52-16-15-51-14-13-50-12-11-49-4)42-37-39-19-31(20-40-37)29-5-6-30(18-38)35(17-29)54-28(3)23-47-25-41-44-45-47/h5-6,17,19-20,24-28,32-33H,7-16,21-23H2,1-4H3,(H,39,40,42)/t26-,27+,28-,32?,33?/m0/s1. The molecule has 6 rings (SSSR count). The van der Waals surface area contributed by atoms with Gasteiger partial charge in [0, 0.05) is 44.2 Å². The van der Waals surface area contributed by atoms with Crippen LogP contribution in [0, 0.1) is 11.3 Å². The van der Waals surface area contributed by atoms with Crippen molar-refractivity contribution < 1.29 is 28.4 Å². The van der Waals surface area contributed by atoms with Crippen molar-refractivity contribution in [3.8, 4) is 28.8 Å². The summed E-state index contributed by atoms with van der Waals surface area (Å²) in [4.78, 5) is 11.8. The molecule has 0 unspecified atom stereocenters. The maximum Gasteiger partial charge on any atom is 0.257 e. The van der Waals surface area contributed by atoms with Crippen LogP contribution in [0.25, 0.3) is 11.1 Å². The summed E-state index contributed by atoms with van der Waals surface area (Å²) in [6.45, 7) is 11.4. The van der Waals surface area contributed by atoms with Gasteiger partial charge in [0.05, 0.1) is 69.6 Å². The van der Waals surface area contributed by atoms with Crippen LogP contribution in [-0.4, -0.2) is 129 Å². The first-order chi connectivity index (χ1) is 26.4. The van der Waals surface area contributed by atoms with E-state index < -0.39 is 0 Å². The Kier molecular flexibility index (Phi) is 14.1. The molecule has 2 aliphatic rings. The summed E-state index contributed by atoms with van der Waals surface area (Å²) >= 11 is 0. The molecule has 4 heterocycles. The number of anilines is 2. The molecule has 4 aromatic rings. The van der Waals surface area contributed by atoms with Crippen LogP contribution in [-0.2, 0) is 25.5 Å². The molecule has 0 spiro atoms. The Bertz CT molecular complexity index is 1750. The molecule has 1 aliphatic heterocycles. The van der Waals surface area contributed by atoms with Gasteiger partial charge in [-0.1, -0.05) is 6.07 Å². The van der Waals surface area contributed by atoms with Crippen LogP contribution in [0.3, 0.4) is 0 Å². The van der Waals surface area contributed by atoms with Crippen LogP contribution in [0.2, 0.25) is 0 Å². The third-order valence-corrected chi connectivity index (χ3v) is 9.47. The summed E-state index contributed by atoms with van der Waals surface area (Å²) in [6.07, 6.45) is 11.5. The second kappa shape index (κ2) is 19.6. The van der Waals surface area contributed by atoms with Gasteiger partial charge in [-0.25, -0.2) is 14.6 Å². The van der Waals surface area contributed by atoms with Crippen molar-refractivity contribution >= 4 is 11.6 Å². The number of methoxy groups -OCH3 is 1. The molecule has 17 nitrogen and oxygen atoms in total. The lowest BCUT2D eigenvalue weighted by molar-refractivity contribution is -0.0852. The predicted octanol–water partition coefficient (Wildman–Crippen LogP) is 4.06. The zero-order valence-electron chi connectivity index (χ0n) is 31.5.